The molecule has 6 nitrogen and oxygen atoms in total. The van der Waals surface area contributed by atoms with E-state index in [0.717, 1.165) is 40.2 Å². The van der Waals surface area contributed by atoms with Gasteiger partial charge in [-0.15, -0.1) is 0 Å². The fourth-order valence-electron chi connectivity index (χ4n) is 4.83. The van der Waals surface area contributed by atoms with Crippen LogP contribution in [0.1, 0.15) is 44.2 Å². The number of halogens is 1. The first-order chi connectivity index (χ1) is 14.1. The Balaban J connectivity index is 1.48. The number of nitrogens with zero attached hydrogens (tertiary/aromatic N) is 5. The smallest absolute Gasteiger partial charge is 0.211 e. The molecule has 0 amide bonds. The monoisotopic (exact) mass is 428 g/mol. The van der Waals surface area contributed by atoms with Crippen LogP contribution in [0, 0.1) is 12.3 Å². The van der Waals surface area contributed by atoms with Gasteiger partial charge in [0, 0.05) is 36.6 Å². The Morgan fingerprint density at radius 1 is 1.10 bits per heavy atom. The van der Waals surface area contributed by atoms with E-state index in [0.29, 0.717) is 16.3 Å². The van der Waals surface area contributed by atoms with Gasteiger partial charge in [0.2, 0.25) is 5.95 Å². The van der Waals surface area contributed by atoms with Gasteiger partial charge in [0.15, 0.2) is 5.65 Å². The summed E-state index contributed by atoms with van der Waals surface area (Å²) in [5, 5.41) is 0.476. The van der Waals surface area contributed by atoms with E-state index < -0.39 is 0 Å². The van der Waals surface area contributed by atoms with E-state index in [9.17, 15) is 0 Å². The molecule has 2 N–H and O–H groups in total. The number of aryl methyl sites for hydroxylation is 1. The highest BCUT2D eigenvalue weighted by Gasteiger charge is 2.37. The lowest BCUT2D eigenvalue weighted by atomic mass is 9.77. The van der Waals surface area contributed by atoms with Crippen molar-refractivity contribution in [1.82, 2.24) is 19.4 Å². The van der Waals surface area contributed by atoms with E-state index in [-0.39, 0.29) is 0 Å². The minimum atomic E-state index is 0.340. The number of rotatable bonds is 3. The zero-order valence-electron chi connectivity index (χ0n) is 16.6. The fraction of sp³-hybridized carbons (Fsp3) is 0.476. The van der Waals surface area contributed by atoms with Crippen LogP contribution in [0.3, 0.4) is 0 Å². The molecule has 2 aliphatic rings. The topological polar surface area (TPSA) is 72.3 Å². The molecular weight excluding hydrogens is 404 g/mol. The number of nitrogen functional groups attached to an aromatic ring is 1. The molecule has 4 heterocycles. The van der Waals surface area contributed by atoms with Crippen LogP contribution in [-0.4, -0.2) is 32.4 Å². The van der Waals surface area contributed by atoms with Crippen LogP contribution in [-0.2, 0) is 0 Å². The number of fused-ring (bicyclic) bond motifs is 1. The van der Waals surface area contributed by atoms with Crippen LogP contribution in [0.2, 0.25) is 5.02 Å². The predicted octanol–water partition coefficient (Wildman–Crippen LogP) is 4.98. The predicted molar refractivity (Wildman–Crippen MR) is 118 cm³/mol. The van der Waals surface area contributed by atoms with E-state index in [1.165, 1.54) is 38.5 Å². The third kappa shape index (κ3) is 3.34. The molecule has 29 heavy (non-hydrogen) atoms. The molecule has 1 aliphatic carbocycles. The van der Waals surface area contributed by atoms with Gasteiger partial charge in [0.1, 0.15) is 5.82 Å². The fourth-order valence-corrected chi connectivity index (χ4v) is 6.03. The maximum absolute atomic E-state index is 6.37. The zero-order valence-corrected chi connectivity index (χ0v) is 18.1. The summed E-state index contributed by atoms with van der Waals surface area (Å²) in [6.45, 7) is 4.18. The minimum absolute atomic E-state index is 0.340. The summed E-state index contributed by atoms with van der Waals surface area (Å²) in [7, 11) is 0. The Morgan fingerprint density at radius 3 is 2.62 bits per heavy atom. The lowest BCUT2D eigenvalue weighted by Gasteiger charge is -2.40. The average molecular weight is 429 g/mol. The molecule has 2 fully saturated rings. The van der Waals surface area contributed by atoms with E-state index in [4.69, 9.17) is 22.3 Å². The molecule has 0 bridgehead atoms. The van der Waals surface area contributed by atoms with E-state index in [1.54, 1.807) is 18.0 Å². The van der Waals surface area contributed by atoms with Crippen LogP contribution < -0.4 is 10.6 Å². The van der Waals surface area contributed by atoms with Crippen LogP contribution in [0.25, 0.3) is 5.65 Å². The van der Waals surface area contributed by atoms with Gasteiger partial charge >= 0.3 is 0 Å². The van der Waals surface area contributed by atoms with Crippen molar-refractivity contribution in [3.05, 3.63) is 35.4 Å². The van der Waals surface area contributed by atoms with Crippen molar-refractivity contribution in [3.8, 4) is 0 Å². The van der Waals surface area contributed by atoms with Gasteiger partial charge in [-0.2, -0.15) is 0 Å². The Bertz CT molecular complexity index is 1050. The molecule has 0 unspecified atom stereocenters. The maximum atomic E-state index is 6.37. The number of pyridine rings is 1. The highest BCUT2D eigenvalue weighted by molar-refractivity contribution is 7.99. The Morgan fingerprint density at radius 2 is 1.86 bits per heavy atom. The van der Waals surface area contributed by atoms with Crippen LogP contribution in [0.5, 0.6) is 0 Å². The number of nitrogens with two attached hydrogens (primary N) is 1. The molecule has 5 rings (SSSR count). The van der Waals surface area contributed by atoms with E-state index >= 15 is 0 Å². The third-order valence-electron chi connectivity index (χ3n) is 6.52. The number of imidazole rings is 1. The zero-order chi connectivity index (χ0) is 20.0. The molecule has 1 aliphatic heterocycles. The van der Waals surface area contributed by atoms with Crippen LogP contribution in [0.4, 0.5) is 11.8 Å². The van der Waals surface area contributed by atoms with E-state index in [1.807, 2.05) is 25.4 Å². The highest BCUT2D eigenvalue weighted by atomic mass is 35.5. The van der Waals surface area contributed by atoms with Gasteiger partial charge in [-0.3, -0.25) is 4.40 Å². The van der Waals surface area contributed by atoms with Crippen molar-refractivity contribution in [2.24, 2.45) is 5.41 Å². The molecule has 0 radical (unpaired) electrons. The normalized spacial score (nSPS) is 18.8. The summed E-state index contributed by atoms with van der Waals surface area (Å²) in [6.07, 6.45) is 13.7. The molecule has 0 aromatic carbocycles. The molecule has 0 atom stereocenters. The number of piperidine rings is 1. The van der Waals surface area contributed by atoms with Gasteiger partial charge in [-0.25, -0.2) is 15.0 Å². The molecule has 1 saturated heterocycles. The molecule has 152 valence electrons. The third-order valence-corrected chi connectivity index (χ3v) is 8.27. The first-order valence-electron chi connectivity index (χ1n) is 10.2. The van der Waals surface area contributed by atoms with Gasteiger partial charge in [-0.1, -0.05) is 36.2 Å². The van der Waals surface area contributed by atoms with Gasteiger partial charge in [-0.05, 0) is 44.1 Å². The first-order valence-corrected chi connectivity index (χ1v) is 11.4. The number of aromatic nitrogens is 4. The number of anilines is 2. The Hall–Kier alpha value is -1.99. The van der Waals surface area contributed by atoms with Crippen molar-refractivity contribution >= 4 is 40.8 Å². The summed E-state index contributed by atoms with van der Waals surface area (Å²) in [4.78, 5) is 18.0. The van der Waals surface area contributed by atoms with Crippen molar-refractivity contribution in [2.45, 2.75) is 55.2 Å². The molecule has 8 heteroatoms. The number of hydrogen-bond acceptors (Lipinski definition) is 6. The van der Waals surface area contributed by atoms with Crippen molar-refractivity contribution < 1.29 is 0 Å². The average Bonchev–Trinajstić information content (AvgIpc) is 3.38. The summed E-state index contributed by atoms with van der Waals surface area (Å²) in [5.74, 6) is 1.33. The standard InChI is InChI=1S/C21H25ClN6S/c1-14-17(29-15-4-9-24-18(23)16(15)22)19-25-10-13-28(19)20(26-14)27-11-7-21(8-12-27)5-2-3-6-21/h4,9-10,13H,2-3,5-8,11-12H2,1H3,(H2,23,24). The molecule has 3 aromatic rings. The summed E-state index contributed by atoms with van der Waals surface area (Å²) >= 11 is 7.91. The lowest BCUT2D eigenvalue weighted by Crippen LogP contribution is -2.40. The molecule has 1 saturated carbocycles. The molecule has 1 spiro atoms. The first kappa shape index (κ1) is 19.0. The summed E-state index contributed by atoms with van der Waals surface area (Å²) in [5.41, 5.74) is 8.33. The second kappa shape index (κ2) is 7.36. The quantitative estimate of drug-likeness (QED) is 0.634. The Kier molecular flexibility index (Phi) is 4.82. The summed E-state index contributed by atoms with van der Waals surface area (Å²) in [6, 6.07) is 1.88. The van der Waals surface area contributed by atoms with Gasteiger partial charge in [0.25, 0.3) is 0 Å². The van der Waals surface area contributed by atoms with Gasteiger partial charge < -0.3 is 10.6 Å². The largest absolute Gasteiger partial charge is 0.382 e. The molecule has 3 aromatic heterocycles. The highest BCUT2D eigenvalue weighted by Crippen LogP contribution is 2.47. The van der Waals surface area contributed by atoms with Crippen LogP contribution in [0.15, 0.2) is 34.4 Å². The second-order valence-electron chi connectivity index (χ2n) is 8.25. The van der Waals surface area contributed by atoms with Crippen molar-refractivity contribution in [2.75, 3.05) is 23.7 Å². The minimum Gasteiger partial charge on any atom is -0.382 e. The Labute approximate surface area is 179 Å². The SMILES string of the molecule is Cc1nc(N2CCC3(CCCC3)CC2)n2ccnc2c1Sc1ccnc(N)c1Cl. The number of hydrogen-bond donors (Lipinski definition) is 1. The van der Waals surface area contributed by atoms with E-state index in [2.05, 4.69) is 19.3 Å². The summed E-state index contributed by atoms with van der Waals surface area (Å²) < 4.78 is 2.11. The second-order valence-corrected chi connectivity index (χ2v) is 9.68. The van der Waals surface area contributed by atoms with Crippen molar-refractivity contribution in [3.63, 3.8) is 0 Å². The lowest BCUT2D eigenvalue weighted by molar-refractivity contribution is 0.225. The maximum Gasteiger partial charge on any atom is 0.211 e. The molecular formula is C21H25ClN6S. The van der Waals surface area contributed by atoms with Gasteiger partial charge in [0.05, 0.1) is 15.6 Å². The van der Waals surface area contributed by atoms with Crippen LogP contribution >= 0.6 is 23.4 Å². The van der Waals surface area contributed by atoms with Crippen molar-refractivity contribution in [1.29, 1.82) is 0 Å².